The van der Waals surface area contributed by atoms with Gasteiger partial charge in [-0.3, -0.25) is 4.79 Å². The van der Waals surface area contributed by atoms with E-state index in [2.05, 4.69) is 17.3 Å². The van der Waals surface area contributed by atoms with Gasteiger partial charge in [-0.15, -0.1) is 0 Å². The Balaban J connectivity index is 1.86. The van der Waals surface area contributed by atoms with Crippen molar-refractivity contribution in [2.45, 2.75) is 44.2 Å². The summed E-state index contributed by atoms with van der Waals surface area (Å²) in [6, 6.07) is -0.0415. The number of carboxylic acids is 1. The lowest BCUT2D eigenvalue weighted by atomic mass is 10.1. The Kier molecular flexibility index (Phi) is 4.63. The maximum atomic E-state index is 12.2. The van der Waals surface area contributed by atoms with Gasteiger partial charge in [-0.25, -0.2) is 4.79 Å². The summed E-state index contributed by atoms with van der Waals surface area (Å²) in [5.41, 5.74) is 0. The molecule has 0 spiro atoms. The number of hydrogen-bond acceptors (Lipinski definition) is 3. The second-order valence-corrected chi connectivity index (χ2v) is 5.64. The standard InChI is InChI=1S/C13H23N3O3/c1-15-6-2-4-10(9-15)14-13(19)16-7-3-5-11(16)8-12(17)18/h10-11H,2-9H2,1H3,(H,14,19)(H,17,18). The zero-order chi connectivity index (χ0) is 13.8. The summed E-state index contributed by atoms with van der Waals surface area (Å²) >= 11 is 0. The highest BCUT2D eigenvalue weighted by atomic mass is 16.4. The van der Waals surface area contributed by atoms with Crippen LogP contribution in [0.4, 0.5) is 4.79 Å². The number of hydrogen-bond donors (Lipinski definition) is 2. The van der Waals surface area contributed by atoms with Gasteiger partial charge in [0.15, 0.2) is 0 Å². The first kappa shape index (κ1) is 14.1. The predicted octanol–water partition coefficient (Wildman–Crippen LogP) is 0.729. The third-order valence-electron chi connectivity index (χ3n) is 4.00. The van der Waals surface area contributed by atoms with E-state index >= 15 is 0 Å². The third kappa shape index (κ3) is 3.83. The summed E-state index contributed by atoms with van der Waals surface area (Å²) in [5, 5.41) is 11.9. The molecule has 0 aromatic rings. The number of piperidine rings is 1. The lowest BCUT2D eigenvalue weighted by molar-refractivity contribution is -0.137. The van der Waals surface area contributed by atoms with Crippen molar-refractivity contribution in [3.63, 3.8) is 0 Å². The fraction of sp³-hybridized carbons (Fsp3) is 0.846. The Bertz CT molecular complexity index is 348. The molecule has 2 saturated heterocycles. The maximum absolute atomic E-state index is 12.2. The van der Waals surface area contributed by atoms with E-state index in [1.54, 1.807) is 4.90 Å². The Hall–Kier alpha value is -1.30. The van der Waals surface area contributed by atoms with Gasteiger partial charge in [0, 0.05) is 25.2 Å². The summed E-state index contributed by atoms with van der Waals surface area (Å²) in [7, 11) is 2.06. The Morgan fingerprint density at radius 1 is 1.26 bits per heavy atom. The monoisotopic (exact) mass is 269 g/mol. The summed E-state index contributed by atoms with van der Waals surface area (Å²) in [5.74, 6) is -0.831. The largest absolute Gasteiger partial charge is 0.481 e. The molecule has 0 aromatic heterocycles. The van der Waals surface area contributed by atoms with Crippen LogP contribution >= 0.6 is 0 Å². The number of aliphatic carboxylic acids is 1. The van der Waals surface area contributed by atoms with Crippen LogP contribution in [-0.2, 0) is 4.79 Å². The lowest BCUT2D eigenvalue weighted by Crippen LogP contribution is -2.52. The minimum atomic E-state index is -0.831. The van der Waals surface area contributed by atoms with Crippen LogP contribution in [0.5, 0.6) is 0 Å². The fourth-order valence-corrected chi connectivity index (χ4v) is 3.06. The number of nitrogens with one attached hydrogen (secondary N) is 1. The first-order valence-corrected chi connectivity index (χ1v) is 7.03. The molecular formula is C13H23N3O3. The highest BCUT2D eigenvalue weighted by molar-refractivity contribution is 5.76. The van der Waals surface area contributed by atoms with Crippen molar-refractivity contribution in [1.82, 2.24) is 15.1 Å². The molecule has 19 heavy (non-hydrogen) atoms. The summed E-state index contributed by atoms with van der Waals surface area (Å²) in [6.45, 7) is 2.63. The SMILES string of the molecule is CN1CCCC(NC(=O)N2CCCC2CC(=O)O)C1. The number of likely N-dealkylation sites (N-methyl/N-ethyl adjacent to an activating group) is 1. The maximum Gasteiger partial charge on any atom is 0.317 e. The molecule has 0 aliphatic carbocycles. The number of carboxylic acid groups (broad SMARTS) is 1. The van der Waals surface area contributed by atoms with Gasteiger partial charge in [-0.2, -0.15) is 0 Å². The average molecular weight is 269 g/mol. The Labute approximate surface area is 113 Å². The molecule has 0 bridgehead atoms. The highest BCUT2D eigenvalue weighted by Crippen LogP contribution is 2.20. The average Bonchev–Trinajstić information content (AvgIpc) is 2.76. The molecule has 2 rings (SSSR count). The summed E-state index contributed by atoms with van der Waals surface area (Å²) in [4.78, 5) is 26.9. The molecule has 2 amide bonds. The van der Waals surface area contributed by atoms with Crippen LogP contribution in [0, 0.1) is 0 Å². The number of carbonyl (C=O) groups excluding carboxylic acids is 1. The van der Waals surface area contributed by atoms with Gasteiger partial charge in [0.1, 0.15) is 0 Å². The molecule has 2 atom stereocenters. The number of likely N-dealkylation sites (tertiary alicyclic amines) is 2. The first-order chi connectivity index (χ1) is 9.06. The van der Waals surface area contributed by atoms with Crippen LogP contribution in [-0.4, -0.2) is 65.7 Å². The molecule has 108 valence electrons. The Morgan fingerprint density at radius 2 is 2.00 bits per heavy atom. The van der Waals surface area contributed by atoms with Crippen LogP contribution < -0.4 is 5.32 Å². The molecule has 2 unspecified atom stereocenters. The van der Waals surface area contributed by atoms with Crippen molar-refractivity contribution >= 4 is 12.0 Å². The molecule has 0 aromatic carbocycles. The van der Waals surface area contributed by atoms with E-state index in [0.29, 0.717) is 6.54 Å². The van der Waals surface area contributed by atoms with Gasteiger partial charge >= 0.3 is 12.0 Å². The van der Waals surface area contributed by atoms with Gasteiger partial charge in [-0.05, 0) is 39.3 Å². The van der Waals surface area contributed by atoms with Gasteiger partial charge in [0.05, 0.1) is 6.42 Å². The molecule has 2 aliphatic heterocycles. The number of rotatable bonds is 3. The normalized spacial score (nSPS) is 28.4. The van der Waals surface area contributed by atoms with Crippen LogP contribution in [0.1, 0.15) is 32.1 Å². The third-order valence-corrected chi connectivity index (χ3v) is 4.00. The van der Waals surface area contributed by atoms with Crippen molar-refractivity contribution in [2.75, 3.05) is 26.7 Å². The second kappa shape index (κ2) is 6.23. The van der Waals surface area contributed by atoms with Gasteiger partial charge in [-0.1, -0.05) is 0 Å². The van der Waals surface area contributed by atoms with E-state index < -0.39 is 5.97 Å². The van der Waals surface area contributed by atoms with Crippen molar-refractivity contribution < 1.29 is 14.7 Å². The molecule has 0 saturated carbocycles. The van der Waals surface area contributed by atoms with Crippen LogP contribution in [0.15, 0.2) is 0 Å². The molecule has 6 nitrogen and oxygen atoms in total. The molecule has 2 N–H and O–H groups in total. The minimum absolute atomic E-state index is 0.0536. The second-order valence-electron chi connectivity index (χ2n) is 5.64. The van der Waals surface area contributed by atoms with Crippen molar-refractivity contribution in [3.05, 3.63) is 0 Å². The van der Waals surface area contributed by atoms with E-state index in [0.717, 1.165) is 38.8 Å². The van der Waals surface area contributed by atoms with E-state index in [1.165, 1.54) is 0 Å². The molecule has 6 heteroatoms. The first-order valence-electron chi connectivity index (χ1n) is 7.03. The predicted molar refractivity (Wildman–Crippen MR) is 71.0 cm³/mol. The number of carbonyl (C=O) groups is 2. The number of urea groups is 1. The van der Waals surface area contributed by atoms with E-state index in [9.17, 15) is 9.59 Å². The number of nitrogens with zero attached hydrogens (tertiary/aromatic N) is 2. The van der Waals surface area contributed by atoms with Gasteiger partial charge in [0.25, 0.3) is 0 Å². The molecule has 0 radical (unpaired) electrons. The zero-order valence-electron chi connectivity index (χ0n) is 11.5. The molecule has 2 fully saturated rings. The fourth-order valence-electron chi connectivity index (χ4n) is 3.06. The quantitative estimate of drug-likeness (QED) is 0.792. The van der Waals surface area contributed by atoms with E-state index in [1.807, 2.05) is 0 Å². The molecular weight excluding hydrogens is 246 g/mol. The number of amides is 2. The van der Waals surface area contributed by atoms with Crippen molar-refractivity contribution in [2.24, 2.45) is 0 Å². The zero-order valence-corrected chi connectivity index (χ0v) is 11.5. The van der Waals surface area contributed by atoms with E-state index in [-0.39, 0.29) is 24.5 Å². The smallest absolute Gasteiger partial charge is 0.317 e. The van der Waals surface area contributed by atoms with Gasteiger partial charge in [0.2, 0.25) is 0 Å². The van der Waals surface area contributed by atoms with Crippen LogP contribution in [0.25, 0.3) is 0 Å². The van der Waals surface area contributed by atoms with Crippen molar-refractivity contribution in [1.29, 1.82) is 0 Å². The highest BCUT2D eigenvalue weighted by Gasteiger charge is 2.31. The summed E-state index contributed by atoms with van der Waals surface area (Å²) < 4.78 is 0. The van der Waals surface area contributed by atoms with Gasteiger partial charge < -0.3 is 20.2 Å². The van der Waals surface area contributed by atoms with Crippen LogP contribution in [0.2, 0.25) is 0 Å². The molecule has 2 aliphatic rings. The van der Waals surface area contributed by atoms with Crippen LogP contribution in [0.3, 0.4) is 0 Å². The minimum Gasteiger partial charge on any atom is -0.481 e. The topological polar surface area (TPSA) is 72.9 Å². The molecule has 2 heterocycles. The summed E-state index contributed by atoms with van der Waals surface area (Å²) in [6.07, 6.45) is 3.85. The van der Waals surface area contributed by atoms with Crippen molar-refractivity contribution in [3.8, 4) is 0 Å². The van der Waals surface area contributed by atoms with E-state index in [4.69, 9.17) is 5.11 Å². The Morgan fingerprint density at radius 3 is 2.68 bits per heavy atom. The lowest BCUT2D eigenvalue weighted by Gasteiger charge is -2.32.